The molecule has 1 heterocycles. The number of ether oxygens (including phenoxy) is 1. The first kappa shape index (κ1) is 15.7. The molecule has 0 aliphatic carbocycles. The highest BCUT2D eigenvalue weighted by Crippen LogP contribution is 2.22. The van der Waals surface area contributed by atoms with Gasteiger partial charge in [-0.15, -0.1) is 0 Å². The van der Waals surface area contributed by atoms with Crippen molar-refractivity contribution >= 4 is 0 Å². The zero-order valence-electron chi connectivity index (χ0n) is 13.0. The van der Waals surface area contributed by atoms with E-state index in [0.717, 1.165) is 23.2 Å². The van der Waals surface area contributed by atoms with E-state index in [-0.39, 0.29) is 0 Å². The maximum atomic E-state index is 10.5. The minimum absolute atomic E-state index is 0.386. The fourth-order valence-corrected chi connectivity index (χ4v) is 2.37. The zero-order chi connectivity index (χ0) is 15.2. The Balaban J connectivity index is 2.11. The third-order valence-corrected chi connectivity index (χ3v) is 3.82. The first-order valence-corrected chi connectivity index (χ1v) is 7.44. The topological polar surface area (TPSA) is 47.3 Å². The molecule has 2 atom stereocenters. The van der Waals surface area contributed by atoms with E-state index in [2.05, 4.69) is 18.9 Å². The first-order valence-electron chi connectivity index (χ1n) is 7.44. The van der Waals surface area contributed by atoms with Crippen LogP contribution in [-0.4, -0.2) is 22.0 Å². The van der Waals surface area contributed by atoms with Gasteiger partial charge < -0.3 is 9.84 Å². The third kappa shape index (κ3) is 3.93. The summed E-state index contributed by atoms with van der Waals surface area (Å²) in [5.41, 5.74) is 2.85. The van der Waals surface area contributed by atoms with E-state index >= 15 is 0 Å². The van der Waals surface area contributed by atoms with Gasteiger partial charge in [-0.25, -0.2) is 0 Å². The Kier molecular flexibility index (Phi) is 5.53. The van der Waals surface area contributed by atoms with Crippen LogP contribution in [0.15, 0.2) is 36.5 Å². The quantitative estimate of drug-likeness (QED) is 0.850. The van der Waals surface area contributed by atoms with Crippen molar-refractivity contribution in [2.24, 2.45) is 0 Å². The van der Waals surface area contributed by atoms with E-state index in [1.54, 1.807) is 7.11 Å². The summed E-state index contributed by atoms with van der Waals surface area (Å²) in [6.45, 7) is 4.79. The van der Waals surface area contributed by atoms with E-state index in [4.69, 9.17) is 4.74 Å². The molecule has 0 aliphatic rings. The molecule has 0 aliphatic heterocycles. The molecule has 1 aromatic heterocycles. The molecule has 0 fully saturated rings. The molecule has 0 bridgehead atoms. The van der Waals surface area contributed by atoms with Crippen LogP contribution in [0.1, 0.15) is 49.2 Å². The Morgan fingerprint density at radius 3 is 2.76 bits per heavy atom. The van der Waals surface area contributed by atoms with Crippen LogP contribution in [0.2, 0.25) is 0 Å². The van der Waals surface area contributed by atoms with Crippen LogP contribution in [-0.2, 0) is 17.8 Å². The summed E-state index contributed by atoms with van der Waals surface area (Å²) in [4.78, 5) is 0. The van der Waals surface area contributed by atoms with Crippen molar-refractivity contribution in [1.82, 2.24) is 9.78 Å². The lowest BCUT2D eigenvalue weighted by Crippen LogP contribution is -2.08. The number of aromatic nitrogens is 2. The molecule has 1 aromatic carbocycles. The van der Waals surface area contributed by atoms with Gasteiger partial charge in [0.05, 0.1) is 18.4 Å². The third-order valence-electron chi connectivity index (χ3n) is 3.82. The lowest BCUT2D eigenvalue weighted by molar-refractivity contribution is 0.160. The van der Waals surface area contributed by atoms with Crippen LogP contribution in [0.4, 0.5) is 0 Å². The van der Waals surface area contributed by atoms with Gasteiger partial charge in [-0.1, -0.05) is 31.2 Å². The second-order valence-corrected chi connectivity index (χ2v) is 5.40. The maximum absolute atomic E-state index is 10.5. The molecule has 2 aromatic rings. The predicted molar refractivity (Wildman–Crippen MR) is 83.0 cm³/mol. The van der Waals surface area contributed by atoms with E-state index in [1.165, 1.54) is 0 Å². The number of aliphatic hydroxyl groups excluding tert-OH is 1. The van der Waals surface area contributed by atoms with E-state index in [1.807, 2.05) is 41.2 Å². The molecule has 0 radical (unpaired) electrons. The van der Waals surface area contributed by atoms with Crippen LogP contribution >= 0.6 is 0 Å². The van der Waals surface area contributed by atoms with Crippen molar-refractivity contribution in [3.8, 4) is 0 Å². The Morgan fingerprint density at radius 2 is 2.05 bits per heavy atom. The second kappa shape index (κ2) is 7.38. The second-order valence-electron chi connectivity index (χ2n) is 5.40. The van der Waals surface area contributed by atoms with Gasteiger partial charge in [0.1, 0.15) is 0 Å². The smallest absolute Gasteiger partial charge is 0.0849 e. The molecule has 0 amide bonds. The Morgan fingerprint density at radius 1 is 1.29 bits per heavy atom. The molecule has 4 nitrogen and oxygen atoms in total. The first-order chi connectivity index (χ1) is 10.2. The van der Waals surface area contributed by atoms with Crippen molar-refractivity contribution in [1.29, 1.82) is 0 Å². The number of benzene rings is 1. The SMILES string of the molecule is CCC(C)n1ccc(CC(O)c2ccccc2COC)n1. The lowest BCUT2D eigenvalue weighted by Gasteiger charge is -2.14. The van der Waals surface area contributed by atoms with Gasteiger partial charge in [0.2, 0.25) is 0 Å². The summed E-state index contributed by atoms with van der Waals surface area (Å²) in [7, 11) is 1.66. The summed E-state index contributed by atoms with van der Waals surface area (Å²) in [6, 6.07) is 10.2. The Hall–Kier alpha value is -1.65. The highest BCUT2D eigenvalue weighted by Gasteiger charge is 2.14. The van der Waals surface area contributed by atoms with Crippen molar-refractivity contribution in [2.75, 3.05) is 7.11 Å². The highest BCUT2D eigenvalue weighted by atomic mass is 16.5. The summed E-state index contributed by atoms with van der Waals surface area (Å²) < 4.78 is 7.15. The van der Waals surface area contributed by atoms with Crippen LogP contribution in [0.25, 0.3) is 0 Å². The van der Waals surface area contributed by atoms with Crippen LogP contribution in [0.5, 0.6) is 0 Å². The number of hydrogen-bond acceptors (Lipinski definition) is 3. The van der Waals surface area contributed by atoms with Crippen molar-refractivity contribution < 1.29 is 9.84 Å². The minimum atomic E-state index is -0.559. The molecular weight excluding hydrogens is 264 g/mol. The van der Waals surface area contributed by atoms with Crippen LogP contribution < -0.4 is 0 Å². The molecule has 2 rings (SSSR count). The summed E-state index contributed by atoms with van der Waals surface area (Å²) in [5, 5.41) is 15.0. The maximum Gasteiger partial charge on any atom is 0.0849 e. The molecule has 0 spiro atoms. The molecule has 114 valence electrons. The van der Waals surface area contributed by atoms with Gasteiger partial charge >= 0.3 is 0 Å². The number of rotatable bonds is 7. The van der Waals surface area contributed by atoms with Gasteiger partial charge in [-0.3, -0.25) is 4.68 Å². The van der Waals surface area contributed by atoms with Gasteiger partial charge in [0, 0.05) is 25.8 Å². The standard InChI is InChI=1S/C17H24N2O2/c1-4-13(2)19-10-9-15(18-19)11-17(20)16-8-6-5-7-14(16)12-21-3/h5-10,13,17,20H,4,11-12H2,1-3H3. The summed E-state index contributed by atoms with van der Waals surface area (Å²) in [5.74, 6) is 0. The molecule has 0 saturated heterocycles. The summed E-state index contributed by atoms with van der Waals surface area (Å²) >= 11 is 0. The monoisotopic (exact) mass is 288 g/mol. The van der Waals surface area contributed by atoms with E-state index in [0.29, 0.717) is 19.1 Å². The fourth-order valence-electron chi connectivity index (χ4n) is 2.37. The summed E-state index contributed by atoms with van der Waals surface area (Å²) in [6.07, 6.45) is 2.98. The molecule has 4 heteroatoms. The van der Waals surface area contributed by atoms with Crippen molar-refractivity contribution in [3.63, 3.8) is 0 Å². The van der Waals surface area contributed by atoms with E-state index < -0.39 is 6.10 Å². The Bertz CT molecular complexity index is 565. The van der Waals surface area contributed by atoms with Crippen molar-refractivity contribution in [3.05, 3.63) is 53.3 Å². The number of hydrogen-bond donors (Lipinski definition) is 1. The number of aliphatic hydroxyl groups is 1. The normalized spacial score (nSPS) is 14.1. The average molecular weight is 288 g/mol. The van der Waals surface area contributed by atoms with Crippen LogP contribution in [0.3, 0.4) is 0 Å². The van der Waals surface area contributed by atoms with E-state index in [9.17, 15) is 5.11 Å². The lowest BCUT2D eigenvalue weighted by atomic mass is 9.99. The predicted octanol–water partition coefficient (Wildman–Crippen LogP) is 3.28. The van der Waals surface area contributed by atoms with Gasteiger partial charge in [0.25, 0.3) is 0 Å². The molecular formula is C17H24N2O2. The minimum Gasteiger partial charge on any atom is -0.388 e. The molecule has 1 N–H and O–H groups in total. The zero-order valence-corrected chi connectivity index (χ0v) is 13.0. The largest absolute Gasteiger partial charge is 0.388 e. The fraction of sp³-hybridized carbons (Fsp3) is 0.471. The van der Waals surface area contributed by atoms with Gasteiger partial charge in [-0.2, -0.15) is 5.10 Å². The van der Waals surface area contributed by atoms with Crippen molar-refractivity contribution in [2.45, 2.75) is 45.4 Å². The van der Waals surface area contributed by atoms with Gasteiger partial charge in [-0.05, 0) is 30.5 Å². The van der Waals surface area contributed by atoms with Gasteiger partial charge in [0.15, 0.2) is 0 Å². The number of nitrogens with zero attached hydrogens (tertiary/aromatic N) is 2. The Labute approximate surface area is 126 Å². The molecule has 21 heavy (non-hydrogen) atoms. The molecule has 0 saturated carbocycles. The highest BCUT2D eigenvalue weighted by molar-refractivity contribution is 5.29. The number of methoxy groups -OCH3 is 1. The van der Waals surface area contributed by atoms with Crippen LogP contribution in [0, 0.1) is 0 Å². The average Bonchev–Trinajstić information content (AvgIpc) is 2.95. The molecule has 2 unspecified atom stereocenters.